The van der Waals surface area contributed by atoms with Crippen molar-refractivity contribution in [3.05, 3.63) is 64.1 Å². The molecule has 2 aromatic rings. The van der Waals surface area contributed by atoms with E-state index in [1.165, 1.54) is 5.56 Å². The molecule has 3 rings (SSSR count). The number of piperidine rings is 1. The average molecular weight is 415 g/mol. The molecular weight excluding hydrogens is 392 g/mol. The average Bonchev–Trinajstić information content (AvgIpc) is 2.65. The third-order valence-corrected chi connectivity index (χ3v) is 5.49. The molecule has 0 aliphatic carbocycles. The molecule has 0 spiro atoms. The molecule has 1 saturated heterocycles. The van der Waals surface area contributed by atoms with Crippen LogP contribution < -0.4 is 5.32 Å². The molecule has 1 fully saturated rings. The van der Waals surface area contributed by atoms with Crippen molar-refractivity contribution < 1.29 is 9.59 Å². The van der Waals surface area contributed by atoms with Gasteiger partial charge in [0, 0.05) is 17.6 Å². The van der Waals surface area contributed by atoms with Crippen molar-refractivity contribution in [1.82, 2.24) is 4.90 Å². The fourth-order valence-corrected chi connectivity index (χ4v) is 3.92. The van der Waals surface area contributed by atoms with Crippen LogP contribution in [0.4, 0.5) is 5.69 Å². The molecule has 0 saturated carbocycles. The van der Waals surface area contributed by atoms with Gasteiger partial charge < -0.3 is 10.2 Å². The van der Waals surface area contributed by atoms with E-state index >= 15 is 0 Å². The van der Waals surface area contributed by atoms with Crippen LogP contribution in [0.15, 0.2) is 53.0 Å². The van der Waals surface area contributed by atoms with Crippen molar-refractivity contribution >= 4 is 33.4 Å². The maximum atomic E-state index is 12.4. The lowest BCUT2D eigenvalue weighted by Gasteiger charge is -2.31. The Morgan fingerprint density at radius 1 is 1.12 bits per heavy atom. The van der Waals surface area contributed by atoms with Gasteiger partial charge >= 0.3 is 11.8 Å². The van der Waals surface area contributed by atoms with Crippen molar-refractivity contribution in [2.75, 3.05) is 18.4 Å². The number of rotatable bonds is 3. The number of aryl methyl sites for hydroxylation is 1. The number of hydrogen-bond acceptors (Lipinski definition) is 2. The van der Waals surface area contributed by atoms with Gasteiger partial charge in [0.1, 0.15) is 0 Å². The predicted octanol–water partition coefficient (Wildman–Crippen LogP) is 4.18. The minimum absolute atomic E-state index is 0.448. The Balaban J connectivity index is 1.52. The van der Waals surface area contributed by atoms with Gasteiger partial charge in [0.05, 0.1) is 5.69 Å². The first kappa shape index (κ1) is 18.6. The molecule has 0 bridgehead atoms. The molecule has 0 radical (unpaired) electrons. The third-order valence-electron chi connectivity index (χ3n) is 4.84. The van der Waals surface area contributed by atoms with Crippen LogP contribution in [0.3, 0.4) is 0 Å². The number of amides is 2. The number of hydrogen-bond donors (Lipinski definition) is 1. The second-order valence-electron chi connectivity index (χ2n) is 6.86. The molecule has 2 aromatic carbocycles. The molecule has 1 aliphatic heterocycles. The summed E-state index contributed by atoms with van der Waals surface area (Å²) in [6.07, 6.45) is 2.90. The van der Waals surface area contributed by atoms with E-state index in [9.17, 15) is 9.59 Å². The monoisotopic (exact) mass is 414 g/mol. The van der Waals surface area contributed by atoms with Gasteiger partial charge in [-0.25, -0.2) is 0 Å². The van der Waals surface area contributed by atoms with Gasteiger partial charge in [0.2, 0.25) is 0 Å². The molecule has 4 nitrogen and oxygen atoms in total. The molecule has 0 atom stereocenters. The topological polar surface area (TPSA) is 49.4 Å². The number of likely N-dealkylation sites (tertiary alicyclic amines) is 1. The second-order valence-corrected chi connectivity index (χ2v) is 7.72. The van der Waals surface area contributed by atoms with Crippen molar-refractivity contribution in [2.45, 2.75) is 26.2 Å². The first-order valence-electron chi connectivity index (χ1n) is 8.93. The van der Waals surface area contributed by atoms with Gasteiger partial charge in [0.25, 0.3) is 0 Å². The Hall–Kier alpha value is -2.14. The second kappa shape index (κ2) is 8.49. The summed E-state index contributed by atoms with van der Waals surface area (Å²) in [6, 6.07) is 16.0. The van der Waals surface area contributed by atoms with Crippen LogP contribution in [-0.4, -0.2) is 29.8 Å². The normalized spacial score (nSPS) is 14.9. The Bertz CT molecular complexity index is 784. The first-order valence-corrected chi connectivity index (χ1v) is 9.72. The summed E-state index contributed by atoms with van der Waals surface area (Å²) >= 11 is 3.42. The zero-order valence-electron chi connectivity index (χ0n) is 14.9. The largest absolute Gasteiger partial charge is 0.334 e. The lowest BCUT2D eigenvalue weighted by molar-refractivity contribution is -0.144. The van der Waals surface area contributed by atoms with Gasteiger partial charge in [-0.15, -0.1) is 0 Å². The minimum Gasteiger partial charge on any atom is -0.334 e. The number of halogens is 1. The van der Waals surface area contributed by atoms with Crippen LogP contribution >= 0.6 is 15.9 Å². The highest BCUT2D eigenvalue weighted by Crippen LogP contribution is 2.24. The number of carbonyl (C=O) groups is 2. The van der Waals surface area contributed by atoms with Gasteiger partial charge in [-0.05, 0) is 71.3 Å². The van der Waals surface area contributed by atoms with Crippen molar-refractivity contribution in [2.24, 2.45) is 5.92 Å². The third kappa shape index (κ3) is 4.73. The lowest BCUT2D eigenvalue weighted by Crippen LogP contribution is -2.44. The summed E-state index contributed by atoms with van der Waals surface area (Å²) in [4.78, 5) is 26.4. The van der Waals surface area contributed by atoms with Crippen LogP contribution in [0.5, 0.6) is 0 Å². The quantitative estimate of drug-likeness (QED) is 0.765. The molecule has 1 aliphatic rings. The van der Waals surface area contributed by atoms with Crippen molar-refractivity contribution in [3.8, 4) is 0 Å². The van der Waals surface area contributed by atoms with Crippen molar-refractivity contribution in [1.29, 1.82) is 0 Å². The van der Waals surface area contributed by atoms with E-state index < -0.39 is 11.8 Å². The number of nitrogens with zero attached hydrogens (tertiary/aromatic N) is 1. The molecule has 0 unspecified atom stereocenters. The molecule has 1 heterocycles. The van der Waals surface area contributed by atoms with Crippen LogP contribution in [0.25, 0.3) is 0 Å². The maximum absolute atomic E-state index is 12.4. The fourth-order valence-electron chi connectivity index (χ4n) is 3.33. The fraction of sp³-hybridized carbons (Fsp3) is 0.333. The van der Waals surface area contributed by atoms with E-state index in [2.05, 4.69) is 45.5 Å². The van der Waals surface area contributed by atoms with Crippen LogP contribution in [-0.2, 0) is 16.0 Å². The summed E-state index contributed by atoms with van der Waals surface area (Å²) < 4.78 is 0.778. The SMILES string of the molecule is Cc1ccc(NC(=O)C(=O)N2CCC(Cc3ccccc3)CC2)c(Br)c1. The summed E-state index contributed by atoms with van der Waals surface area (Å²) in [6.45, 7) is 3.25. The van der Waals surface area contributed by atoms with Crippen molar-refractivity contribution in [3.63, 3.8) is 0 Å². The number of carbonyl (C=O) groups excluding carboxylic acids is 2. The highest BCUT2D eigenvalue weighted by atomic mass is 79.9. The smallest absolute Gasteiger partial charge is 0.313 e. The van der Waals surface area contributed by atoms with Crippen LogP contribution in [0, 0.1) is 12.8 Å². The minimum atomic E-state index is -0.573. The van der Waals surface area contributed by atoms with E-state index in [0.717, 1.165) is 29.3 Å². The predicted molar refractivity (Wildman–Crippen MR) is 107 cm³/mol. The van der Waals surface area contributed by atoms with Gasteiger partial charge in [-0.1, -0.05) is 36.4 Å². The zero-order valence-corrected chi connectivity index (χ0v) is 16.5. The Morgan fingerprint density at radius 2 is 1.81 bits per heavy atom. The Kier molecular flexibility index (Phi) is 6.09. The van der Waals surface area contributed by atoms with Gasteiger partial charge in [0.15, 0.2) is 0 Å². The summed E-state index contributed by atoms with van der Waals surface area (Å²) in [5.41, 5.74) is 3.04. The number of nitrogens with one attached hydrogen (secondary N) is 1. The summed E-state index contributed by atoms with van der Waals surface area (Å²) in [7, 11) is 0. The molecule has 0 aromatic heterocycles. The molecule has 26 heavy (non-hydrogen) atoms. The Labute approximate surface area is 162 Å². The van der Waals surface area contributed by atoms with Crippen LogP contribution in [0.1, 0.15) is 24.0 Å². The molecule has 5 heteroatoms. The molecule has 136 valence electrons. The van der Waals surface area contributed by atoms with Crippen LogP contribution in [0.2, 0.25) is 0 Å². The zero-order chi connectivity index (χ0) is 18.5. The lowest BCUT2D eigenvalue weighted by atomic mass is 9.90. The Morgan fingerprint density at radius 3 is 2.46 bits per heavy atom. The van der Waals surface area contributed by atoms with Gasteiger partial charge in [-0.3, -0.25) is 9.59 Å². The number of benzene rings is 2. The maximum Gasteiger partial charge on any atom is 0.313 e. The summed E-state index contributed by atoms with van der Waals surface area (Å²) in [5.74, 6) is -0.456. The highest BCUT2D eigenvalue weighted by molar-refractivity contribution is 9.10. The molecular formula is C21H23BrN2O2. The highest BCUT2D eigenvalue weighted by Gasteiger charge is 2.27. The summed E-state index contributed by atoms with van der Waals surface area (Å²) in [5, 5.41) is 2.71. The van der Waals surface area contributed by atoms with E-state index in [0.29, 0.717) is 24.7 Å². The van der Waals surface area contributed by atoms with E-state index in [1.807, 2.05) is 25.1 Å². The standard InChI is InChI=1S/C21H23BrN2O2/c1-15-7-8-19(18(22)13-15)23-20(25)21(26)24-11-9-17(10-12-24)14-16-5-3-2-4-6-16/h2-8,13,17H,9-12,14H2,1H3,(H,23,25). The number of anilines is 1. The first-order chi connectivity index (χ1) is 12.5. The van der Waals surface area contributed by atoms with Gasteiger partial charge in [-0.2, -0.15) is 0 Å². The van der Waals surface area contributed by atoms with E-state index in [-0.39, 0.29) is 0 Å². The van der Waals surface area contributed by atoms with E-state index in [4.69, 9.17) is 0 Å². The van der Waals surface area contributed by atoms with E-state index in [1.54, 1.807) is 11.0 Å². The molecule has 1 N–H and O–H groups in total. The molecule has 2 amide bonds.